The summed E-state index contributed by atoms with van der Waals surface area (Å²) in [5.74, 6) is -0.0576. The summed E-state index contributed by atoms with van der Waals surface area (Å²) in [4.78, 5) is 28.4. The molecule has 8 nitrogen and oxygen atoms in total. The number of amidine groups is 1. The van der Waals surface area contributed by atoms with Gasteiger partial charge in [0.15, 0.2) is 5.84 Å². The molecular formula is C19H30N4O4. The van der Waals surface area contributed by atoms with Crippen LogP contribution in [0.3, 0.4) is 0 Å². The Morgan fingerprint density at radius 1 is 1.15 bits per heavy atom. The van der Waals surface area contributed by atoms with E-state index in [1.165, 1.54) is 0 Å². The number of benzene rings is 1. The molecule has 1 rings (SSSR count). The average molecular weight is 378 g/mol. The van der Waals surface area contributed by atoms with Gasteiger partial charge in [0.25, 0.3) is 0 Å². The highest BCUT2D eigenvalue weighted by Gasteiger charge is 2.22. The Morgan fingerprint density at radius 3 is 2.22 bits per heavy atom. The maximum Gasteiger partial charge on any atom is 0.408 e. The minimum Gasteiger partial charge on any atom is -0.444 e. The number of carbonyl (C=O) groups is 2. The van der Waals surface area contributed by atoms with E-state index in [-0.39, 0.29) is 18.4 Å². The first-order chi connectivity index (χ1) is 12.5. The Bertz CT molecular complexity index is 663. The number of hydrogen-bond acceptors (Lipinski definition) is 5. The molecule has 0 radical (unpaired) electrons. The Morgan fingerprint density at radius 2 is 1.74 bits per heavy atom. The zero-order chi connectivity index (χ0) is 20.6. The van der Waals surface area contributed by atoms with E-state index in [1.807, 2.05) is 13.8 Å². The zero-order valence-corrected chi connectivity index (χ0v) is 16.6. The van der Waals surface area contributed by atoms with Crippen molar-refractivity contribution in [1.29, 1.82) is 0 Å². The number of oxime groups is 1. The molecule has 27 heavy (non-hydrogen) atoms. The van der Waals surface area contributed by atoms with E-state index in [9.17, 15) is 9.59 Å². The average Bonchev–Trinajstić information content (AvgIpc) is 2.52. The van der Waals surface area contributed by atoms with Gasteiger partial charge in [-0.15, -0.1) is 0 Å². The predicted molar refractivity (Wildman–Crippen MR) is 104 cm³/mol. The molecule has 0 bridgehead atoms. The van der Waals surface area contributed by atoms with Gasteiger partial charge < -0.3 is 26.4 Å². The molecule has 8 heteroatoms. The monoisotopic (exact) mass is 378 g/mol. The summed E-state index contributed by atoms with van der Waals surface area (Å²) in [5, 5.41) is 6.64. The molecule has 0 aliphatic carbocycles. The highest BCUT2D eigenvalue weighted by molar-refractivity contribution is 5.92. The minimum absolute atomic E-state index is 0.156. The predicted octanol–water partition coefficient (Wildman–Crippen LogP) is 2.51. The summed E-state index contributed by atoms with van der Waals surface area (Å²) < 4.78 is 5.27. The third kappa shape index (κ3) is 8.94. The van der Waals surface area contributed by atoms with Crippen LogP contribution in [0.5, 0.6) is 0 Å². The van der Waals surface area contributed by atoms with Gasteiger partial charge in [0, 0.05) is 5.56 Å². The Labute approximate surface area is 160 Å². The van der Waals surface area contributed by atoms with E-state index in [2.05, 4.69) is 10.5 Å². The lowest BCUT2D eigenvalue weighted by Crippen LogP contribution is -2.47. The number of nitrogens with zero attached hydrogens (tertiary/aromatic N) is 1. The summed E-state index contributed by atoms with van der Waals surface area (Å²) in [6, 6.07) is 6.16. The minimum atomic E-state index is -0.605. The second-order valence-corrected chi connectivity index (χ2v) is 7.68. The van der Waals surface area contributed by atoms with Crippen molar-refractivity contribution in [3.05, 3.63) is 35.4 Å². The van der Waals surface area contributed by atoms with Crippen LogP contribution in [0.1, 0.15) is 57.0 Å². The van der Waals surface area contributed by atoms with Crippen LogP contribution < -0.4 is 16.8 Å². The van der Waals surface area contributed by atoms with E-state index < -0.39 is 23.6 Å². The summed E-state index contributed by atoms with van der Waals surface area (Å²) in [7, 11) is 0. The van der Waals surface area contributed by atoms with Gasteiger partial charge in [0.2, 0.25) is 5.91 Å². The lowest BCUT2D eigenvalue weighted by Gasteiger charge is -2.24. The molecule has 0 aliphatic rings. The van der Waals surface area contributed by atoms with Gasteiger partial charge in [-0.2, -0.15) is 0 Å². The number of nitrogens with one attached hydrogen (secondary N) is 1. The first kappa shape index (κ1) is 22.3. The molecule has 0 heterocycles. The molecule has 1 aromatic rings. The van der Waals surface area contributed by atoms with Crippen LogP contribution in [0.2, 0.25) is 0 Å². The lowest BCUT2D eigenvalue weighted by molar-refractivity contribution is 0.0511. The quantitative estimate of drug-likeness (QED) is 0.364. The van der Waals surface area contributed by atoms with Crippen molar-refractivity contribution in [2.75, 3.05) is 0 Å². The van der Waals surface area contributed by atoms with Crippen molar-refractivity contribution in [3.8, 4) is 0 Å². The molecule has 2 amide bonds. The molecule has 0 aliphatic heterocycles. The summed E-state index contributed by atoms with van der Waals surface area (Å²) in [5.41, 5.74) is 11.8. The molecule has 5 N–H and O–H groups in total. The smallest absolute Gasteiger partial charge is 0.408 e. The number of nitrogens with two attached hydrogens (primary N) is 2. The third-order valence-electron chi connectivity index (χ3n) is 3.39. The first-order valence-electron chi connectivity index (χ1n) is 8.81. The summed E-state index contributed by atoms with van der Waals surface area (Å²) >= 11 is 0. The van der Waals surface area contributed by atoms with E-state index in [0.717, 1.165) is 5.56 Å². The van der Waals surface area contributed by atoms with Gasteiger partial charge in [0.1, 0.15) is 12.2 Å². The van der Waals surface area contributed by atoms with Crippen molar-refractivity contribution in [2.45, 2.75) is 59.3 Å². The van der Waals surface area contributed by atoms with Crippen molar-refractivity contribution >= 4 is 17.8 Å². The van der Waals surface area contributed by atoms with Crippen LogP contribution in [-0.2, 0) is 16.2 Å². The van der Waals surface area contributed by atoms with Gasteiger partial charge in [-0.25, -0.2) is 4.79 Å². The van der Waals surface area contributed by atoms with Crippen molar-refractivity contribution < 1.29 is 19.2 Å². The van der Waals surface area contributed by atoms with Crippen LogP contribution in [0, 0.1) is 5.92 Å². The van der Waals surface area contributed by atoms with Gasteiger partial charge in [0.05, 0.1) is 6.04 Å². The highest BCUT2D eigenvalue weighted by atomic mass is 16.6. The fourth-order valence-corrected chi connectivity index (χ4v) is 2.19. The molecule has 0 spiro atoms. The Kier molecular flexibility index (Phi) is 8.08. The number of primary amides is 1. The molecule has 1 atom stereocenters. The molecule has 0 saturated carbocycles. The molecule has 1 aromatic carbocycles. The maximum absolute atomic E-state index is 12.0. The molecule has 0 saturated heterocycles. The maximum atomic E-state index is 12.0. The Balaban J connectivity index is 2.69. The second kappa shape index (κ2) is 9.80. The van der Waals surface area contributed by atoms with Crippen LogP contribution in [0.15, 0.2) is 29.4 Å². The molecular weight excluding hydrogens is 348 g/mol. The third-order valence-corrected chi connectivity index (χ3v) is 3.39. The van der Waals surface area contributed by atoms with E-state index in [0.29, 0.717) is 12.0 Å². The van der Waals surface area contributed by atoms with Crippen LogP contribution in [-0.4, -0.2) is 29.5 Å². The molecule has 0 fully saturated rings. The van der Waals surface area contributed by atoms with E-state index >= 15 is 0 Å². The number of rotatable bonds is 8. The van der Waals surface area contributed by atoms with Gasteiger partial charge in [-0.05, 0) is 50.8 Å². The highest BCUT2D eigenvalue weighted by Crippen LogP contribution is 2.10. The molecule has 150 valence electrons. The Hall–Kier alpha value is -2.77. The van der Waals surface area contributed by atoms with E-state index in [4.69, 9.17) is 21.0 Å². The van der Waals surface area contributed by atoms with Gasteiger partial charge in [-0.3, -0.25) is 4.79 Å². The van der Waals surface area contributed by atoms with Crippen molar-refractivity contribution in [1.82, 2.24) is 5.32 Å². The molecule has 0 aromatic heterocycles. The second-order valence-electron chi connectivity index (χ2n) is 7.68. The van der Waals surface area contributed by atoms with Gasteiger partial charge in [-0.1, -0.05) is 31.1 Å². The largest absolute Gasteiger partial charge is 0.444 e. The normalized spacial score (nSPS) is 13.2. The number of hydrogen-bond donors (Lipinski definition) is 3. The van der Waals surface area contributed by atoms with Crippen LogP contribution in [0.25, 0.3) is 0 Å². The van der Waals surface area contributed by atoms with Gasteiger partial charge >= 0.3 is 6.09 Å². The first-order valence-corrected chi connectivity index (χ1v) is 8.81. The fraction of sp³-hybridized carbons (Fsp3) is 0.526. The number of carbonyl (C=O) groups excluding carboxylic acids is 2. The zero-order valence-electron chi connectivity index (χ0n) is 16.6. The van der Waals surface area contributed by atoms with Crippen molar-refractivity contribution in [2.24, 2.45) is 22.5 Å². The van der Waals surface area contributed by atoms with E-state index in [1.54, 1.807) is 45.0 Å². The van der Waals surface area contributed by atoms with Crippen LogP contribution >= 0.6 is 0 Å². The molecule has 1 unspecified atom stereocenters. The number of amides is 2. The fourth-order valence-electron chi connectivity index (χ4n) is 2.19. The topological polar surface area (TPSA) is 129 Å². The summed E-state index contributed by atoms with van der Waals surface area (Å²) in [6.07, 6.45) is 0.0268. The number of alkyl carbamates (subject to hydrolysis) is 1. The SMILES string of the molecule is CC(C)CC(NC(=O)OC(C)(C)C)/C(N)=N/OCc1ccc(C(N)=O)cc1. The standard InChI is InChI=1S/C19H30N4O4/c1-12(2)10-15(22-18(25)27-19(3,4)5)16(20)23-26-11-13-6-8-14(9-7-13)17(21)24/h6-9,12,15H,10-11H2,1-5H3,(H2,20,23)(H2,21,24)(H,22,25). The van der Waals surface area contributed by atoms with Crippen LogP contribution in [0.4, 0.5) is 4.79 Å². The lowest BCUT2D eigenvalue weighted by atomic mass is 10.0. The summed E-state index contributed by atoms with van der Waals surface area (Å²) in [6.45, 7) is 9.55. The number of ether oxygens (including phenoxy) is 1. The van der Waals surface area contributed by atoms with Crippen molar-refractivity contribution in [3.63, 3.8) is 0 Å².